The summed E-state index contributed by atoms with van der Waals surface area (Å²) in [6.07, 6.45) is 11.9. The molecule has 1 aromatic rings. The molecule has 1 aliphatic carbocycles. The van der Waals surface area contributed by atoms with Gasteiger partial charge in [0.05, 0.1) is 11.4 Å². The number of likely N-dealkylation sites (tertiary alicyclic amines) is 1. The minimum atomic E-state index is 0.626. The highest BCUT2D eigenvalue weighted by molar-refractivity contribution is 5.87. The van der Waals surface area contributed by atoms with Crippen molar-refractivity contribution in [3.63, 3.8) is 0 Å². The van der Waals surface area contributed by atoms with Crippen LogP contribution in [-0.2, 0) is 0 Å². The largest absolute Gasteiger partial charge is 0.346 e. The quantitative estimate of drug-likeness (QED) is 0.799. The summed E-state index contributed by atoms with van der Waals surface area (Å²) >= 11 is 0. The summed E-state index contributed by atoms with van der Waals surface area (Å²) in [7, 11) is 0. The van der Waals surface area contributed by atoms with Crippen molar-refractivity contribution in [1.29, 1.82) is 0 Å². The van der Waals surface area contributed by atoms with Gasteiger partial charge >= 0.3 is 0 Å². The van der Waals surface area contributed by atoms with E-state index in [1.165, 1.54) is 75.1 Å². The first-order valence-corrected chi connectivity index (χ1v) is 9.38. The van der Waals surface area contributed by atoms with Gasteiger partial charge in [-0.05, 0) is 63.6 Å². The SMILES string of the molecule is C1=Nc2[nH]ccc2C2=C([C@H]3CC[C@H](CN4CCCC4)CC3)NNN12. The van der Waals surface area contributed by atoms with Crippen molar-refractivity contribution in [3.05, 3.63) is 23.5 Å². The molecule has 0 radical (unpaired) electrons. The van der Waals surface area contributed by atoms with Crippen molar-refractivity contribution in [3.8, 4) is 0 Å². The van der Waals surface area contributed by atoms with E-state index in [1.807, 2.05) is 17.5 Å². The van der Waals surface area contributed by atoms with E-state index in [4.69, 9.17) is 0 Å². The molecular weight excluding hydrogens is 300 g/mol. The number of hydrazine groups is 2. The van der Waals surface area contributed by atoms with Crippen molar-refractivity contribution in [2.24, 2.45) is 16.8 Å². The van der Waals surface area contributed by atoms with Crippen molar-refractivity contribution in [2.75, 3.05) is 19.6 Å². The highest BCUT2D eigenvalue weighted by atomic mass is 15.7. The van der Waals surface area contributed by atoms with Gasteiger partial charge in [-0.25, -0.2) is 10.0 Å². The number of rotatable bonds is 3. The standard InChI is InChI=1S/C18H26N6/c1-2-10-23(9-1)11-13-3-5-14(6-4-13)16-17-15-7-8-19-18(15)20-12-24(17)22-21-16/h7-8,12-14,19,21-22H,1-6,9-11H2/t13-,14-. The van der Waals surface area contributed by atoms with Crippen LogP contribution < -0.4 is 11.0 Å². The van der Waals surface area contributed by atoms with Crippen LogP contribution in [0.1, 0.15) is 44.1 Å². The Balaban J connectivity index is 1.30. The second-order valence-electron chi connectivity index (χ2n) is 7.58. The van der Waals surface area contributed by atoms with Gasteiger partial charge in [-0.2, -0.15) is 0 Å². The highest BCUT2D eigenvalue weighted by Crippen LogP contribution is 2.40. The van der Waals surface area contributed by atoms with Gasteiger partial charge in [0.25, 0.3) is 0 Å². The zero-order valence-electron chi connectivity index (χ0n) is 14.1. The van der Waals surface area contributed by atoms with Crippen LogP contribution in [0.15, 0.2) is 23.0 Å². The Labute approximate surface area is 142 Å². The molecule has 4 heterocycles. The summed E-state index contributed by atoms with van der Waals surface area (Å²) < 4.78 is 0. The third-order valence-electron chi connectivity index (χ3n) is 6.06. The molecule has 2 fully saturated rings. The Hall–Kier alpha value is -1.79. The number of H-pyrrole nitrogens is 1. The van der Waals surface area contributed by atoms with Gasteiger partial charge in [0.15, 0.2) is 0 Å². The van der Waals surface area contributed by atoms with E-state index in [0.717, 1.165) is 11.7 Å². The number of nitrogens with zero attached hydrogens (tertiary/aromatic N) is 3. The first-order valence-electron chi connectivity index (χ1n) is 9.38. The molecule has 0 aromatic carbocycles. The Morgan fingerprint density at radius 1 is 1.12 bits per heavy atom. The summed E-state index contributed by atoms with van der Waals surface area (Å²) in [5, 5.41) is 2.02. The molecule has 0 amide bonds. The molecule has 3 aliphatic heterocycles. The van der Waals surface area contributed by atoms with E-state index in [1.54, 1.807) is 0 Å². The number of aromatic amines is 1. The fourth-order valence-corrected chi connectivity index (χ4v) is 4.76. The first-order chi connectivity index (χ1) is 11.9. The molecular formula is C18H26N6. The number of fused-ring (bicyclic) bond motifs is 3. The summed E-state index contributed by atoms with van der Waals surface area (Å²) in [6.45, 7) is 3.97. The van der Waals surface area contributed by atoms with Crippen LogP contribution in [0.3, 0.4) is 0 Å². The maximum absolute atomic E-state index is 4.45. The molecule has 24 heavy (non-hydrogen) atoms. The molecule has 5 rings (SSSR count). The van der Waals surface area contributed by atoms with E-state index in [2.05, 4.69) is 31.9 Å². The Kier molecular flexibility index (Phi) is 3.60. The zero-order valence-corrected chi connectivity index (χ0v) is 14.1. The number of allylic oxidation sites excluding steroid dienone is 1. The van der Waals surface area contributed by atoms with Gasteiger partial charge in [-0.3, -0.25) is 0 Å². The normalized spacial score (nSPS) is 29.8. The minimum absolute atomic E-state index is 0.626. The van der Waals surface area contributed by atoms with Gasteiger partial charge < -0.3 is 15.3 Å². The lowest BCUT2D eigenvalue weighted by molar-refractivity contribution is 0.211. The van der Waals surface area contributed by atoms with Gasteiger partial charge in [-0.1, -0.05) is 0 Å². The molecule has 0 bridgehead atoms. The average Bonchev–Trinajstić information content (AvgIpc) is 3.35. The summed E-state index contributed by atoms with van der Waals surface area (Å²) in [5.74, 6) is 2.49. The van der Waals surface area contributed by atoms with Crippen molar-refractivity contribution in [2.45, 2.75) is 38.5 Å². The van der Waals surface area contributed by atoms with Crippen molar-refractivity contribution < 1.29 is 0 Å². The van der Waals surface area contributed by atoms with Crippen LogP contribution in [0.5, 0.6) is 0 Å². The molecule has 128 valence electrons. The summed E-state index contributed by atoms with van der Waals surface area (Å²) in [5.41, 5.74) is 10.5. The minimum Gasteiger partial charge on any atom is -0.346 e. The van der Waals surface area contributed by atoms with Crippen LogP contribution >= 0.6 is 0 Å². The van der Waals surface area contributed by atoms with Gasteiger partial charge in [0.1, 0.15) is 12.2 Å². The van der Waals surface area contributed by atoms with Crippen LogP contribution in [0.4, 0.5) is 5.82 Å². The lowest BCUT2D eigenvalue weighted by Gasteiger charge is -2.32. The Bertz CT molecular complexity index is 661. The Morgan fingerprint density at radius 2 is 1.96 bits per heavy atom. The molecule has 0 spiro atoms. The maximum atomic E-state index is 4.45. The number of nitrogens with one attached hydrogen (secondary N) is 3. The van der Waals surface area contributed by atoms with Crippen LogP contribution in [0, 0.1) is 11.8 Å². The first kappa shape index (κ1) is 14.5. The second-order valence-corrected chi connectivity index (χ2v) is 7.58. The maximum Gasteiger partial charge on any atom is 0.141 e. The summed E-state index contributed by atoms with van der Waals surface area (Å²) in [4.78, 5) is 10.3. The lowest BCUT2D eigenvalue weighted by Crippen LogP contribution is -2.38. The fourth-order valence-electron chi connectivity index (χ4n) is 4.76. The predicted octanol–water partition coefficient (Wildman–Crippen LogP) is 2.58. The third kappa shape index (κ3) is 2.45. The predicted molar refractivity (Wildman–Crippen MR) is 95.1 cm³/mol. The Morgan fingerprint density at radius 3 is 2.79 bits per heavy atom. The molecule has 4 aliphatic rings. The van der Waals surface area contributed by atoms with Crippen LogP contribution in [0.2, 0.25) is 0 Å². The van der Waals surface area contributed by atoms with Gasteiger partial charge in [0, 0.05) is 24.2 Å². The molecule has 3 N–H and O–H groups in total. The van der Waals surface area contributed by atoms with E-state index >= 15 is 0 Å². The van der Waals surface area contributed by atoms with E-state index in [9.17, 15) is 0 Å². The van der Waals surface area contributed by atoms with Gasteiger partial charge in [0.2, 0.25) is 0 Å². The molecule has 0 unspecified atom stereocenters. The van der Waals surface area contributed by atoms with Crippen molar-refractivity contribution >= 4 is 17.9 Å². The van der Waals surface area contributed by atoms with E-state index in [0.29, 0.717) is 5.92 Å². The molecule has 6 heteroatoms. The lowest BCUT2D eigenvalue weighted by atomic mass is 9.79. The number of aliphatic imine (C=N–C) groups is 1. The topological polar surface area (TPSA) is 58.7 Å². The highest BCUT2D eigenvalue weighted by Gasteiger charge is 2.34. The fraction of sp³-hybridized carbons (Fsp3) is 0.611. The third-order valence-corrected chi connectivity index (χ3v) is 6.06. The molecule has 1 saturated heterocycles. The average molecular weight is 326 g/mol. The molecule has 6 nitrogen and oxygen atoms in total. The molecule has 1 aromatic heterocycles. The summed E-state index contributed by atoms with van der Waals surface area (Å²) in [6, 6.07) is 2.13. The smallest absolute Gasteiger partial charge is 0.141 e. The number of aromatic nitrogens is 1. The molecule has 0 atom stereocenters. The van der Waals surface area contributed by atoms with E-state index in [-0.39, 0.29) is 0 Å². The van der Waals surface area contributed by atoms with E-state index < -0.39 is 0 Å². The monoisotopic (exact) mass is 326 g/mol. The van der Waals surface area contributed by atoms with Crippen LogP contribution in [0.25, 0.3) is 5.70 Å². The molecule has 1 saturated carbocycles. The zero-order chi connectivity index (χ0) is 15.9. The second kappa shape index (κ2) is 5.93. The van der Waals surface area contributed by atoms with Crippen LogP contribution in [-0.4, -0.2) is 40.9 Å². The van der Waals surface area contributed by atoms with Crippen molar-refractivity contribution in [1.82, 2.24) is 25.9 Å². The van der Waals surface area contributed by atoms with Gasteiger partial charge in [-0.15, -0.1) is 5.53 Å². The number of hydrogen-bond acceptors (Lipinski definition) is 5. The number of hydrogen-bond donors (Lipinski definition) is 3.